The molecule has 2 saturated heterocycles. The van der Waals surface area contributed by atoms with Gasteiger partial charge in [-0.3, -0.25) is 4.79 Å². The van der Waals surface area contributed by atoms with Crippen LogP contribution in [-0.4, -0.2) is 89.6 Å². The Morgan fingerprint density at radius 3 is 2.42 bits per heavy atom. The predicted molar refractivity (Wildman–Crippen MR) is 167 cm³/mol. The van der Waals surface area contributed by atoms with E-state index in [1.165, 1.54) is 25.0 Å². The first-order valence-corrected chi connectivity index (χ1v) is 14.9. The molecule has 45 heavy (non-hydrogen) atoms. The lowest BCUT2D eigenvalue weighted by molar-refractivity contribution is -0.0103. The Balaban J connectivity index is 1.27. The van der Waals surface area contributed by atoms with Gasteiger partial charge in [0.25, 0.3) is 5.91 Å². The molecule has 3 aromatic rings. The summed E-state index contributed by atoms with van der Waals surface area (Å²) in [7, 11) is 1.52. The third kappa shape index (κ3) is 5.63. The van der Waals surface area contributed by atoms with E-state index in [1.807, 2.05) is 6.07 Å². The molecule has 2 fully saturated rings. The molecule has 6 rings (SSSR count). The Hall–Kier alpha value is -4.79. The van der Waals surface area contributed by atoms with Crippen molar-refractivity contribution >= 4 is 17.6 Å². The molecule has 3 aromatic carbocycles. The van der Waals surface area contributed by atoms with Gasteiger partial charge in [-0.15, -0.1) is 0 Å². The average molecular weight is 614 g/mol. The van der Waals surface area contributed by atoms with Crippen molar-refractivity contribution in [3.8, 4) is 34.5 Å². The lowest BCUT2D eigenvalue weighted by Gasteiger charge is -2.36. The quantitative estimate of drug-likeness (QED) is 0.316. The lowest BCUT2D eigenvalue weighted by Crippen LogP contribution is -2.63. The van der Waals surface area contributed by atoms with Crippen molar-refractivity contribution in [3.05, 3.63) is 77.1 Å². The van der Waals surface area contributed by atoms with Crippen molar-refractivity contribution in [2.24, 2.45) is 0 Å². The molecule has 3 aliphatic rings. The van der Waals surface area contributed by atoms with Crippen LogP contribution in [0.25, 0.3) is 11.1 Å². The maximum Gasteiger partial charge on any atom is 0.318 e. The normalized spacial score (nSPS) is 22.9. The molecule has 10 nitrogen and oxygen atoms in total. The van der Waals surface area contributed by atoms with E-state index in [9.17, 15) is 19.8 Å². The summed E-state index contributed by atoms with van der Waals surface area (Å²) in [6, 6.07) is 14.2. The molecule has 3 amide bonds. The number of methoxy groups -OCH3 is 1. The molecular formula is C34H36FN5O5. The third-order valence-electron chi connectivity index (χ3n) is 8.98. The van der Waals surface area contributed by atoms with E-state index < -0.39 is 23.1 Å². The summed E-state index contributed by atoms with van der Waals surface area (Å²) in [5.41, 5.74) is -0.394. The summed E-state index contributed by atoms with van der Waals surface area (Å²) < 4.78 is 20.9. The van der Waals surface area contributed by atoms with E-state index in [0.29, 0.717) is 22.4 Å². The first kappa shape index (κ1) is 30.2. The van der Waals surface area contributed by atoms with Gasteiger partial charge in [-0.25, -0.2) is 9.18 Å². The number of carbonyl (C=O) groups excluding carboxylic acids is 2. The van der Waals surface area contributed by atoms with Crippen LogP contribution in [0, 0.1) is 17.7 Å². The molecule has 0 aliphatic carbocycles. The molecule has 234 valence electrons. The van der Waals surface area contributed by atoms with Crippen LogP contribution in [0.5, 0.6) is 11.5 Å². The summed E-state index contributed by atoms with van der Waals surface area (Å²) >= 11 is 0. The van der Waals surface area contributed by atoms with E-state index in [2.05, 4.69) is 39.2 Å². The summed E-state index contributed by atoms with van der Waals surface area (Å²) in [6.07, 6.45) is 0. The topological polar surface area (TPSA) is 118 Å². The van der Waals surface area contributed by atoms with E-state index >= 15 is 4.39 Å². The number of piperazine rings is 1. The molecule has 4 N–H and O–H groups in total. The molecule has 0 radical (unpaired) electrons. The summed E-state index contributed by atoms with van der Waals surface area (Å²) in [5, 5.41) is 27.1. The number of urea groups is 1. The van der Waals surface area contributed by atoms with Crippen LogP contribution < -0.4 is 20.3 Å². The van der Waals surface area contributed by atoms with Gasteiger partial charge in [0.05, 0.1) is 13.7 Å². The molecule has 0 saturated carbocycles. The highest BCUT2D eigenvalue weighted by Gasteiger charge is 2.56. The van der Waals surface area contributed by atoms with Crippen molar-refractivity contribution in [2.75, 3.05) is 51.3 Å². The molecule has 3 aliphatic heterocycles. The standard InChI is InChI=1S/C34H36FN5O5/c1-4-38-13-15-39(16-14-38)24-7-10-30(41)28(18-24)26-9-5-22(17-29(26)35)11-12-34(33(2,44)36-32(43)37-34)21-40-20-23-6-8-25(45-3)19-27(23)31(40)42/h5-10,17-19,41,44H,4,13-16,20-21H2,1-3H3,(H2,36,37,43)/t33-,34+/m0/s1. The van der Waals surface area contributed by atoms with Crippen LogP contribution in [0.4, 0.5) is 14.9 Å². The van der Waals surface area contributed by atoms with E-state index in [1.54, 1.807) is 42.5 Å². The number of fused-ring (bicyclic) bond motifs is 1. The summed E-state index contributed by atoms with van der Waals surface area (Å²) in [4.78, 5) is 31.8. The number of benzene rings is 3. The second-order valence-electron chi connectivity index (χ2n) is 11.8. The van der Waals surface area contributed by atoms with Gasteiger partial charge in [0.1, 0.15) is 17.3 Å². The molecule has 3 heterocycles. The predicted octanol–water partition coefficient (Wildman–Crippen LogP) is 3.12. The molecule has 0 aromatic heterocycles. The highest BCUT2D eigenvalue weighted by atomic mass is 19.1. The van der Waals surface area contributed by atoms with Gasteiger partial charge in [-0.1, -0.05) is 30.9 Å². The van der Waals surface area contributed by atoms with E-state index in [0.717, 1.165) is 44.0 Å². The highest BCUT2D eigenvalue weighted by Crippen LogP contribution is 2.36. The zero-order chi connectivity index (χ0) is 31.9. The van der Waals surface area contributed by atoms with Gasteiger partial charge in [0.2, 0.25) is 0 Å². The largest absolute Gasteiger partial charge is 0.507 e. The van der Waals surface area contributed by atoms with E-state index in [4.69, 9.17) is 4.74 Å². The van der Waals surface area contributed by atoms with Gasteiger partial charge in [0.15, 0.2) is 11.3 Å². The van der Waals surface area contributed by atoms with Crippen molar-refractivity contribution in [1.82, 2.24) is 20.4 Å². The van der Waals surface area contributed by atoms with Gasteiger partial charge in [0, 0.05) is 60.7 Å². The SMILES string of the molecule is CCN1CCN(c2ccc(O)c(-c3ccc(C#C[C@]4(CN5Cc6ccc(OC)cc6C5=O)NC(=O)N[C@@]4(C)O)cc3F)c2)CC1. The Morgan fingerprint density at radius 2 is 1.76 bits per heavy atom. The first-order valence-electron chi connectivity index (χ1n) is 14.9. The van der Waals surface area contributed by atoms with Crippen molar-refractivity contribution < 1.29 is 28.9 Å². The zero-order valence-electron chi connectivity index (χ0n) is 25.5. The zero-order valence-corrected chi connectivity index (χ0v) is 25.5. The molecule has 11 heteroatoms. The minimum Gasteiger partial charge on any atom is -0.507 e. The Bertz CT molecular complexity index is 1730. The number of anilines is 1. The van der Waals surface area contributed by atoms with Crippen LogP contribution in [0.1, 0.15) is 35.3 Å². The number of nitrogens with zero attached hydrogens (tertiary/aromatic N) is 3. The Kier molecular flexibility index (Phi) is 7.81. The van der Waals surface area contributed by atoms with Crippen molar-refractivity contribution in [3.63, 3.8) is 0 Å². The molecular weight excluding hydrogens is 577 g/mol. The summed E-state index contributed by atoms with van der Waals surface area (Å²) in [6.45, 7) is 8.22. The van der Waals surface area contributed by atoms with Gasteiger partial charge in [-0.05, 0) is 61.5 Å². The first-order chi connectivity index (χ1) is 21.5. The van der Waals surface area contributed by atoms with Crippen LogP contribution in [0.3, 0.4) is 0 Å². The van der Waals surface area contributed by atoms with E-state index in [-0.39, 0.29) is 30.3 Å². The minimum atomic E-state index is -1.85. The molecule has 2 atom stereocenters. The number of carbonyl (C=O) groups is 2. The number of aliphatic hydroxyl groups is 1. The Morgan fingerprint density at radius 1 is 0.978 bits per heavy atom. The minimum absolute atomic E-state index is 0.0349. The number of nitrogens with one attached hydrogen (secondary N) is 2. The van der Waals surface area contributed by atoms with Crippen LogP contribution in [-0.2, 0) is 6.54 Å². The monoisotopic (exact) mass is 613 g/mol. The summed E-state index contributed by atoms with van der Waals surface area (Å²) in [5.74, 6) is 5.49. The Labute approximate surface area is 261 Å². The van der Waals surface area contributed by atoms with Gasteiger partial charge < -0.3 is 40.3 Å². The highest BCUT2D eigenvalue weighted by molar-refractivity contribution is 5.99. The number of phenolic OH excluding ortho intramolecular Hbond substituents is 1. The lowest BCUT2D eigenvalue weighted by atomic mass is 9.88. The number of phenols is 1. The number of likely N-dealkylation sites (N-methyl/N-ethyl adjacent to an activating group) is 1. The number of halogens is 1. The number of hydrogen-bond acceptors (Lipinski definition) is 7. The van der Waals surface area contributed by atoms with Crippen molar-refractivity contribution in [1.29, 1.82) is 0 Å². The van der Waals surface area contributed by atoms with Crippen LogP contribution >= 0.6 is 0 Å². The fourth-order valence-electron chi connectivity index (χ4n) is 6.19. The molecule has 0 spiro atoms. The molecule has 0 bridgehead atoms. The molecule has 0 unspecified atom stereocenters. The van der Waals surface area contributed by atoms with Crippen LogP contribution in [0.15, 0.2) is 54.6 Å². The number of amides is 3. The number of aromatic hydroxyl groups is 1. The maximum absolute atomic E-state index is 15.6. The van der Waals surface area contributed by atoms with Gasteiger partial charge in [-0.2, -0.15) is 0 Å². The van der Waals surface area contributed by atoms with Crippen molar-refractivity contribution in [2.45, 2.75) is 31.7 Å². The van der Waals surface area contributed by atoms with Gasteiger partial charge >= 0.3 is 6.03 Å². The number of hydrogen-bond donors (Lipinski definition) is 4. The fourth-order valence-corrected chi connectivity index (χ4v) is 6.19. The fraction of sp³-hybridized carbons (Fsp3) is 0.353. The second kappa shape index (κ2) is 11.6. The number of rotatable bonds is 6. The number of ether oxygens (including phenoxy) is 1. The maximum atomic E-state index is 15.6. The average Bonchev–Trinajstić information content (AvgIpc) is 3.45. The third-order valence-corrected chi connectivity index (χ3v) is 8.98. The van der Waals surface area contributed by atoms with Crippen LogP contribution in [0.2, 0.25) is 0 Å². The smallest absolute Gasteiger partial charge is 0.318 e. The second-order valence-corrected chi connectivity index (χ2v) is 11.8.